The average Bonchev–Trinajstić information content (AvgIpc) is 3.25. The summed E-state index contributed by atoms with van der Waals surface area (Å²) in [5, 5.41) is 3.08. The summed E-state index contributed by atoms with van der Waals surface area (Å²) in [5.74, 6) is 0.753. The van der Waals surface area contributed by atoms with Gasteiger partial charge in [-0.1, -0.05) is 0 Å². The first kappa shape index (κ1) is 13.2. The van der Waals surface area contributed by atoms with Gasteiger partial charge in [-0.15, -0.1) is 0 Å². The van der Waals surface area contributed by atoms with Crippen molar-refractivity contribution in [3.63, 3.8) is 0 Å². The fraction of sp³-hybridized carbons (Fsp3) is 0.929. The maximum atomic E-state index is 11.9. The minimum absolute atomic E-state index is 0.160. The lowest BCUT2D eigenvalue weighted by Gasteiger charge is -2.36. The SMILES string of the molecule is O=C(NC1CC1)N1CCC(CN2CCOCC2)CC1. The summed E-state index contributed by atoms with van der Waals surface area (Å²) in [4.78, 5) is 16.4. The summed E-state index contributed by atoms with van der Waals surface area (Å²) in [7, 11) is 0. The summed E-state index contributed by atoms with van der Waals surface area (Å²) >= 11 is 0. The molecule has 2 saturated heterocycles. The first-order chi connectivity index (χ1) is 9.31. The van der Waals surface area contributed by atoms with Crippen LogP contribution in [0.15, 0.2) is 0 Å². The minimum atomic E-state index is 0.160. The van der Waals surface area contributed by atoms with Crippen molar-refractivity contribution >= 4 is 6.03 Å². The van der Waals surface area contributed by atoms with Crippen molar-refractivity contribution in [3.05, 3.63) is 0 Å². The number of morpholine rings is 1. The van der Waals surface area contributed by atoms with Gasteiger partial charge in [-0.2, -0.15) is 0 Å². The van der Waals surface area contributed by atoms with E-state index in [2.05, 4.69) is 10.2 Å². The molecule has 1 saturated carbocycles. The number of amides is 2. The molecule has 0 unspecified atom stereocenters. The van der Waals surface area contributed by atoms with Gasteiger partial charge in [0.05, 0.1) is 13.2 Å². The number of carbonyl (C=O) groups excluding carboxylic acids is 1. The quantitative estimate of drug-likeness (QED) is 0.826. The molecular weight excluding hydrogens is 242 g/mol. The largest absolute Gasteiger partial charge is 0.379 e. The van der Waals surface area contributed by atoms with Crippen molar-refractivity contribution in [2.45, 2.75) is 31.7 Å². The van der Waals surface area contributed by atoms with E-state index in [1.54, 1.807) is 0 Å². The van der Waals surface area contributed by atoms with E-state index < -0.39 is 0 Å². The van der Waals surface area contributed by atoms with Gasteiger partial charge in [-0.25, -0.2) is 4.79 Å². The Balaban J connectivity index is 1.37. The van der Waals surface area contributed by atoms with E-state index in [9.17, 15) is 4.79 Å². The number of ether oxygens (including phenoxy) is 1. The zero-order valence-corrected chi connectivity index (χ0v) is 11.6. The van der Waals surface area contributed by atoms with Crippen LogP contribution >= 0.6 is 0 Å². The average molecular weight is 267 g/mol. The molecule has 3 rings (SSSR count). The molecule has 3 fully saturated rings. The van der Waals surface area contributed by atoms with Gasteiger partial charge in [-0.3, -0.25) is 4.90 Å². The lowest BCUT2D eigenvalue weighted by molar-refractivity contribution is 0.0258. The van der Waals surface area contributed by atoms with E-state index in [0.29, 0.717) is 6.04 Å². The molecule has 2 amide bonds. The minimum Gasteiger partial charge on any atom is -0.379 e. The molecule has 0 aromatic heterocycles. The number of piperidine rings is 1. The number of carbonyl (C=O) groups is 1. The van der Waals surface area contributed by atoms with Crippen LogP contribution < -0.4 is 5.32 Å². The predicted octanol–water partition coefficient (Wildman–Crippen LogP) is 0.903. The predicted molar refractivity (Wildman–Crippen MR) is 73.1 cm³/mol. The molecule has 2 heterocycles. The molecule has 0 bridgehead atoms. The third-order valence-corrected chi connectivity index (χ3v) is 4.43. The second kappa shape index (κ2) is 6.09. The summed E-state index contributed by atoms with van der Waals surface area (Å²) in [6.45, 7) is 6.93. The van der Waals surface area contributed by atoms with Crippen LogP contribution in [0.3, 0.4) is 0 Å². The summed E-state index contributed by atoms with van der Waals surface area (Å²) in [6, 6.07) is 0.630. The molecule has 0 atom stereocenters. The molecule has 5 heteroatoms. The Bertz CT molecular complexity index is 306. The topological polar surface area (TPSA) is 44.8 Å². The van der Waals surface area contributed by atoms with Gasteiger partial charge >= 0.3 is 6.03 Å². The van der Waals surface area contributed by atoms with E-state index in [-0.39, 0.29) is 6.03 Å². The zero-order valence-electron chi connectivity index (χ0n) is 11.6. The summed E-state index contributed by atoms with van der Waals surface area (Å²) in [5.41, 5.74) is 0. The van der Waals surface area contributed by atoms with E-state index in [1.807, 2.05) is 4.90 Å². The molecule has 3 aliphatic rings. The molecule has 5 nitrogen and oxygen atoms in total. The van der Waals surface area contributed by atoms with Crippen molar-refractivity contribution in [1.82, 2.24) is 15.1 Å². The van der Waals surface area contributed by atoms with Gasteiger partial charge in [0.2, 0.25) is 0 Å². The van der Waals surface area contributed by atoms with Crippen LogP contribution in [-0.4, -0.2) is 67.8 Å². The molecule has 108 valence electrons. The molecule has 19 heavy (non-hydrogen) atoms. The number of likely N-dealkylation sites (tertiary alicyclic amines) is 1. The second-order valence-electron chi connectivity index (χ2n) is 6.07. The number of rotatable bonds is 3. The van der Waals surface area contributed by atoms with Gasteiger partial charge in [-0.05, 0) is 31.6 Å². The maximum Gasteiger partial charge on any atom is 0.317 e. The van der Waals surface area contributed by atoms with Crippen LogP contribution in [0.1, 0.15) is 25.7 Å². The highest BCUT2D eigenvalue weighted by Gasteiger charge is 2.28. The van der Waals surface area contributed by atoms with Crippen molar-refractivity contribution in [2.75, 3.05) is 45.9 Å². The molecule has 0 aromatic carbocycles. The highest BCUT2D eigenvalue weighted by atomic mass is 16.5. The Morgan fingerprint density at radius 2 is 1.74 bits per heavy atom. The van der Waals surface area contributed by atoms with E-state index in [1.165, 1.54) is 19.4 Å². The first-order valence-electron chi connectivity index (χ1n) is 7.67. The highest BCUT2D eigenvalue weighted by Crippen LogP contribution is 2.22. The Morgan fingerprint density at radius 1 is 1.05 bits per heavy atom. The monoisotopic (exact) mass is 267 g/mol. The second-order valence-corrected chi connectivity index (χ2v) is 6.07. The van der Waals surface area contributed by atoms with Crippen LogP contribution in [0.25, 0.3) is 0 Å². The Morgan fingerprint density at radius 3 is 2.37 bits per heavy atom. The third-order valence-electron chi connectivity index (χ3n) is 4.43. The summed E-state index contributed by atoms with van der Waals surface area (Å²) < 4.78 is 5.38. The molecule has 2 aliphatic heterocycles. The molecule has 0 spiro atoms. The fourth-order valence-corrected chi connectivity index (χ4v) is 2.96. The van der Waals surface area contributed by atoms with Crippen molar-refractivity contribution in [2.24, 2.45) is 5.92 Å². The zero-order chi connectivity index (χ0) is 13.1. The maximum absolute atomic E-state index is 11.9. The number of hydrogen-bond acceptors (Lipinski definition) is 3. The molecule has 0 radical (unpaired) electrons. The normalized spacial score (nSPS) is 26.4. The number of hydrogen-bond donors (Lipinski definition) is 1. The number of nitrogens with zero attached hydrogens (tertiary/aromatic N) is 2. The van der Waals surface area contributed by atoms with E-state index in [4.69, 9.17) is 4.74 Å². The Kier molecular flexibility index (Phi) is 4.23. The lowest BCUT2D eigenvalue weighted by atomic mass is 9.96. The fourth-order valence-electron chi connectivity index (χ4n) is 2.96. The van der Waals surface area contributed by atoms with Gasteiger partial charge in [0.1, 0.15) is 0 Å². The highest BCUT2D eigenvalue weighted by molar-refractivity contribution is 5.74. The van der Waals surface area contributed by atoms with Crippen LogP contribution in [0.5, 0.6) is 0 Å². The first-order valence-corrected chi connectivity index (χ1v) is 7.67. The van der Waals surface area contributed by atoms with Crippen LogP contribution in [0.4, 0.5) is 4.79 Å². The molecule has 0 aromatic rings. The van der Waals surface area contributed by atoms with Crippen molar-refractivity contribution < 1.29 is 9.53 Å². The number of urea groups is 1. The number of nitrogens with one attached hydrogen (secondary N) is 1. The third kappa shape index (κ3) is 3.83. The van der Waals surface area contributed by atoms with E-state index >= 15 is 0 Å². The van der Waals surface area contributed by atoms with Gasteiger partial charge in [0.15, 0.2) is 0 Å². The van der Waals surface area contributed by atoms with E-state index in [0.717, 1.165) is 58.2 Å². The van der Waals surface area contributed by atoms with Gasteiger partial charge < -0.3 is 15.0 Å². The standard InChI is InChI=1S/C14H25N3O2/c18-14(15-13-1-2-13)17-5-3-12(4-6-17)11-16-7-9-19-10-8-16/h12-13H,1-11H2,(H,15,18). The Labute approximate surface area is 115 Å². The Hall–Kier alpha value is -0.810. The van der Waals surface area contributed by atoms with Gasteiger partial charge in [0.25, 0.3) is 0 Å². The summed E-state index contributed by atoms with van der Waals surface area (Å²) in [6.07, 6.45) is 4.63. The molecule has 1 aliphatic carbocycles. The smallest absolute Gasteiger partial charge is 0.317 e. The van der Waals surface area contributed by atoms with Crippen molar-refractivity contribution in [3.8, 4) is 0 Å². The van der Waals surface area contributed by atoms with Crippen LogP contribution in [0, 0.1) is 5.92 Å². The molecule has 1 N–H and O–H groups in total. The van der Waals surface area contributed by atoms with Crippen LogP contribution in [-0.2, 0) is 4.74 Å². The molecular formula is C14H25N3O2. The van der Waals surface area contributed by atoms with Gasteiger partial charge in [0, 0.05) is 38.8 Å². The lowest BCUT2D eigenvalue weighted by Crippen LogP contribution is -2.47. The van der Waals surface area contributed by atoms with Crippen LogP contribution in [0.2, 0.25) is 0 Å². The van der Waals surface area contributed by atoms with Crippen molar-refractivity contribution in [1.29, 1.82) is 0 Å².